The van der Waals surface area contributed by atoms with Crippen LogP contribution in [-0.4, -0.2) is 27.1 Å². The first-order valence-electron chi connectivity index (χ1n) is 9.00. The Kier molecular flexibility index (Phi) is 8.39. The van der Waals surface area contributed by atoms with Crippen LogP contribution in [0, 0.1) is 0 Å². The van der Waals surface area contributed by atoms with Gasteiger partial charge in [-0.15, -0.1) is 0 Å². The van der Waals surface area contributed by atoms with Crippen LogP contribution < -0.4 is 5.32 Å². The van der Waals surface area contributed by atoms with Gasteiger partial charge < -0.3 is 4.43 Å². The maximum absolute atomic E-state index is 13.7. The van der Waals surface area contributed by atoms with Crippen molar-refractivity contribution in [2.75, 3.05) is 6.61 Å². The molecular formula is C19H31BrF3NOSi. The van der Waals surface area contributed by atoms with E-state index in [-0.39, 0.29) is 16.6 Å². The largest absolute Gasteiger partial charge is 0.415 e. The predicted molar refractivity (Wildman–Crippen MR) is 108 cm³/mol. The Balaban J connectivity index is 2.95. The normalized spacial score (nSPS) is 15.8. The second kappa shape index (κ2) is 9.21. The van der Waals surface area contributed by atoms with Crippen LogP contribution in [-0.2, 0) is 4.43 Å². The van der Waals surface area contributed by atoms with Crippen molar-refractivity contribution >= 4 is 24.2 Å². The molecule has 26 heavy (non-hydrogen) atoms. The van der Waals surface area contributed by atoms with Crippen molar-refractivity contribution in [2.45, 2.75) is 76.9 Å². The Morgan fingerprint density at radius 3 is 2.08 bits per heavy atom. The zero-order valence-corrected chi connectivity index (χ0v) is 19.1. The first kappa shape index (κ1) is 23.7. The molecule has 2 nitrogen and oxygen atoms in total. The predicted octanol–water partition coefficient (Wildman–Crippen LogP) is 6.83. The minimum Gasteiger partial charge on any atom is -0.415 e. The van der Waals surface area contributed by atoms with Crippen molar-refractivity contribution in [3.8, 4) is 0 Å². The van der Waals surface area contributed by atoms with Gasteiger partial charge in [0, 0.05) is 17.1 Å². The number of benzene rings is 1. The smallest absolute Gasteiger partial charge is 0.407 e. The summed E-state index contributed by atoms with van der Waals surface area (Å²) in [4.78, 5) is 0. The number of hydrogen-bond acceptors (Lipinski definition) is 2. The summed E-state index contributed by atoms with van der Waals surface area (Å²) in [7, 11) is -2.01. The van der Waals surface area contributed by atoms with Crippen LogP contribution in [0.15, 0.2) is 28.7 Å². The maximum atomic E-state index is 13.7. The van der Waals surface area contributed by atoms with Crippen molar-refractivity contribution in [1.29, 1.82) is 0 Å². The molecule has 0 heterocycles. The summed E-state index contributed by atoms with van der Waals surface area (Å²) in [6.45, 7) is 12.9. The summed E-state index contributed by atoms with van der Waals surface area (Å²) in [5, 5.41) is 2.84. The van der Waals surface area contributed by atoms with Crippen LogP contribution in [0.1, 0.15) is 52.1 Å². The Hall–Kier alpha value is -0.373. The van der Waals surface area contributed by atoms with Gasteiger partial charge in [-0.3, -0.25) is 5.32 Å². The number of alkyl halides is 3. The number of hydrogen-bond donors (Lipinski definition) is 1. The zero-order chi connectivity index (χ0) is 20.2. The fourth-order valence-electron chi connectivity index (χ4n) is 2.36. The van der Waals surface area contributed by atoms with E-state index < -0.39 is 20.5 Å². The second-order valence-corrected chi connectivity index (χ2v) is 14.0. The fraction of sp³-hybridized carbons (Fsp3) is 0.684. The fourth-order valence-corrected chi connectivity index (χ4v) is 3.67. The molecule has 0 amide bonds. The van der Waals surface area contributed by atoms with E-state index in [0.29, 0.717) is 13.0 Å². The van der Waals surface area contributed by atoms with Gasteiger partial charge in [0.15, 0.2) is 8.32 Å². The summed E-state index contributed by atoms with van der Waals surface area (Å²) < 4.78 is 47.9. The molecule has 0 bridgehead atoms. The molecule has 2 atom stereocenters. The van der Waals surface area contributed by atoms with Crippen molar-refractivity contribution in [2.24, 2.45) is 0 Å². The van der Waals surface area contributed by atoms with Crippen LogP contribution in [0.2, 0.25) is 18.1 Å². The quantitative estimate of drug-likeness (QED) is 0.435. The van der Waals surface area contributed by atoms with Gasteiger partial charge in [0.05, 0.1) is 0 Å². The van der Waals surface area contributed by atoms with E-state index in [2.05, 4.69) is 55.1 Å². The first-order valence-corrected chi connectivity index (χ1v) is 12.7. The molecule has 0 aliphatic carbocycles. The Bertz CT molecular complexity index is 555. The second-order valence-electron chi connectivity index (χ2n) is 8.25. The van der Waals surface area contributed by atoms with Gasteiger partial charge >= 0.3 is 6.18 Å². The van der Waals surface area contributed by atoms with Crippen LogP contribution in [0.5, 0.6) is 0 Å². The molecule has 0 spiro atoms. The van der Waals surface area contributed by atoms with Gasteiger partial charge in [-0.1, -0.05) is 62.2 Å². The standard InChI is InChI=1S/C19H31BrF3NOSi/c1-7-8-16(13-25-26(5,6)18(2,3)4)24-17(19(21,22)23)14-9-11-15(20)12-10-14/h9-12,16-17,24H,7-8,13H2,1-6H3. The Morgan fingerprint density at radius 2 is 1.65 bits per heavy atom. The summed E-state index contributed by atoms with van der Waals surface area (Å²) in [5.41, 5.74) is 0.217. The molecule has 0 aromatic heterocycles. The molecule has 0 saturated heterocycles. The van der Waals surface area contributed by atoms with E-state index in [4.69, 9.17) is 4.43 Å². The highest BCUT2D eigenvalue weighted by atomic mass is 79.9. The van der Waals surface area contributed by atoms with Crippen LogP contribution >= 0.6 is 15.9 Å². The molecule has 1 aromatic rings. The third kappa shape index (κ3) is 6.98. The minimum absolute atomic E-state index is 0.0267. The topological polar surface area (TPSA) is 21.3 Å². The zero-order valence-electron chi connectivity index (χ0n) is 16.5. The number of halogens is 4. The van der Waals surface area contributed by atoms with E-state index in [9.17, 15) is 13.2 Å². The first-order chi connectivity index (χ1) is 11.8. The van der Waals surface area contributed by atoms with Gasteiger partial charge in [0.2, 0.25) is 0 Å². The molecule has 0 aliphatic heterocycles. The van der Waals surface area contributed by atoms with E-state index in [0.717, 1.165) is 10.9 Å². The van der Waals surface area contributed by atoms with E-state index in [1.165, 1.54) is 12.1 Å². The molecule has 150 valence electrons. The Labute approximate surface area is 165 Å². The van der Waals surface area contributed by atoms with Gasteiger partial charge in [-0.25, -0.2) is 0 Å². The van der Waals surface area contributed by atoms with Crippen molar-refractivity contribution < 1.29 is 17.6 Å². The average Bonchev–Trinajstić information content (AvgIpc) is 2.49. The molecule has 0 fully saturated rings. The van der Waals surface area contributed by atoms with Gasteiger partial charge in [0.1, 0.15) is 6.04 Å². The van der Waals surface area contributed by atoms with Gasteiger partial charge in [-0.05, 0) is 42.2 Å². The number of rotatable bonds is 8. The van der Waals surface area contributed by atoms with E-state index in [1.54, 1.807) is 12.1 Å². The highest BCUT2D eigenvalue weighted by Crippen LogP contribution is 2.37. The average molecular weight is 454 g/mol. The summed E-state index contributed by atoms with van der Waals surface area (Å²) >= 11 is 3.27. The molecule has 0 radical (unpaired) electrons. The molecule has 1 aromatic carbocycles. The molecule has 1 N–H and O–H groups in total. The van der Waals surface area contributed by atoms with Crippen LogP contribution in [0.25, 0.3) is 0 Å². The van der Waals surface area contributed by atoms with Crippen LogP contribution in [0.4, 0.5) is 13.2 Å². The highest BCUT2D eigenvalue weighted by molar-refractivity contribution is 9.10. The van der Waals surface area contributed by atoms with Crippen molar-refractivity contribution in [1.82, 2.24) is 5.32 Å². The molecule has 2 unspecified atom stereocenters. The third-order valence-corrected chi connectivity index (χ3v) is 10.1. The summed E-state index contributed by atoms with van der Waals surface area (Å²) in [6.07, 6.45) is -2.93. The van der Waals surface area contributed by atoms with Crippen molar-refractivity contribution in [3.05, 3.63) is 34.3 Å². The molecule has 0 saturated carbocycles. The maximum Gasteiger partial charge on any atom is 0.407 e. The molecule has 1 rings (SSSR count). The SMILES string of the molecule is CCCC(CO[Si](C)(C)C(C)(C)C)NC(c1ccc(Br)cc1)C(F)(F)F. The van der Waals surface area contributed by atoms with Crippen molar-refractivity contribution in [3.63, 3.8) is 0 Å². The van der Waals surface area contributed by atoms with Crippen LogP contribution in [0.3, 0.4) is 0 Å². The highest BCUT2D eigenvalue weighted by Gasteiger charge is 2.42. The lowest BCUT2D eigenvalue weighted by molar-refractivity contribution is -0.160. The Morgan fingerprint density at radius 1 is 1.12 bits per heavy atom. The summed E-state index contributed by atoms with van der Waals surface area (Å²) in [5.74, 6) is 0. The summed E-state index contributed by atoms with van der Waals surface area (Å²) in [6, 6.07) is 4.24. The lowest BCUT2D eigenvalue weighted by atomic mass is 10.0. The molecule has 7 heteroatoms. The number of nitrogens with one attached hydrogen (secondary N) is 1. The lowest BCUT2D eigenvalue weighted by Crippen LogP contribution is -2.47. The lowest BCUT2D eigenvalue weighted by Gasteiger charge is -2.38. The monoisotopic (exact) mass is 453 g/mol. The molecule has 0 aliphatic rings. The van der Waals surface area contributed by atoms with E-state index in [1.807, 2.05) is 6.92 Å². The van der Waals surface area contributed by atoms with Gasteiger partial charge in [-0.2, -0.15) is 13.2 Å². The molecular weight excluding hydrogens is 423 g/mol. The van der Waals surface area contributed by atoms with E-state index >= 15 is 0 Å². The van der Waals surface area contributed by atoms with Gasteiger partial charge in [0.25, 0.3) is 0 Å². The third-order valence-electron chi connectivity index (χ3n) is 5.02. The minimum atomic E-state index is -4.36.